The minimum absolute atomic E-state index is 0.160. The average molecular weight is 137 g/mol. The molecule has 0 saturated heterocycles. The minimum Gasteiger partial charge on any atom is -0.293 e. The molecule has 0 fully saturated rings. The monoisotopic (exact) mass is 137 g/mol. The molecule has 0 amide bonds. The second kappa shape index (κ2) is 3.26. The molecule has 1 aromatic rings. The highest BCUT2D eigenvalue weighted by molar-refractivity contribution is 7.27. The van der Waals surface area contributed by atoms with Crippen LogP contribution in [0.2, 0.25) is 0 Å². The molecule has 46 valence electrons. The summed E-state index contributed by atoms with van der Waals surface area (Å²) in [6, 6.07) is 9.94. The predicted octanol–water partition coefficient (Wildman–Crippen LogP) is 2.28. The molecule has 0 heterocycles. The van der Waals surface area contributed by atoms with Gasteiger partial charge in [0.25, 0.3) is 0 Å². The van der Waals surface area contributed by atoms with Gasteiger partial charge >= 0.3 is 0 Å². The maximum Gasteiger partial charge on any atom is -0.0205 e. The molecule has 0 aromatic heterocycles. The van der Waals surface area contributed by atoms with Crippen LogP contribution >= 0.6 is 8.00 Å². The van der Waals surface area contributed by atoms with Gasteiger partial charge in [-0.25, -0.2) is 0 Å². The summed E-state index contributed by atoms with van der Waals surface area (Å²) < 4.78 is 0. The van der Waals surface area contributed by atoms with Crippen LogP contribution in [0.25, 0.3) is 0 Å². The Morgan fingerprint density at radius 3 is 2.44 bits per heavy atom. The Morgan fingerprint density at radius 2 is 1.89 bits per heavy atom. The second-order valence-corrected chi connectivity index (χ2v) is 2.28. The summed E-state index contributed by atoms with van der Waals surface area (Å²) in [4.78, 5) is 0. The van der Waals surface area contributed by atoms with Gasteiger partial charge in [-0.3, -0.25) is 5.16 Å². The molecule has 1 aromatic carbocycles. The molecule has 0 aliphatic rings. The lowest BCUT2D eigenvalue weighted by Gasteiger charge is -1.85. The summed E-state index contributed by atoms with van der Waals surface area (Å²) in [5.74, 6) is 1.90. The van der Waals surface area contributed by atoms with Crippen LogP contribution in [0.1, 0.15) is 5.56 Å². The van der Waals surface area contributed by atoms with Crippen LogP contribution in [0.4, 0.5) is 0 Å². The minimum atomic E-state index is 0.160. The Balaban J connectivity index is 2.97. The molecule has 1 nitrogen and oxygen atoms in total. The Morgan fingerprint density at radius 1 is 1.22 bits per heavy atom. The van der Waals surface area contributed by atoms with Gasteiger partial charge in [-0.15, -0.1) is 0 Å². The fraction of sp³-hybridized carbons (Fsp3) is 0. The van der Waals surface area contributed by atoms with E-state index in [2.05, 4.69) is 0 Å². The second-order valence-electron chi connectivity index (χ2n) is 1.70. The summed E-state index contributed by atoms with van der Waals surface area (Å²) in [5.41, 5.74) is 1.14. The lowest BCUT2D eigenvalue weighted by molar-refractivity contribution is 1.65. The maximum absolute atomic E-state index is 6.91. The van der Waals surface area contributed by atoms with E-state index in [0.717, 1.165) is 5.56 Å². The van der Waals surface area contributed by atoms with Crippen molar-refractivity contribution in [2.24, 2.45) is 0 Å². The zero-order valence-corrected chi connectivity index (χ0v) is 5.96. The Hall–Kier alpha value is -0.810. The smallest absolute Gasteiger partial charge is 0.0205 e. The molecule has 1 unspecified atom stereocenters. The van der Waals surface area contributed by atoms with Crippen molar-refractivity contribution in [2.45, 2.75) is 0 Å². The molecule has 0 radical (unpaired) electrons. The number of hydrogen-bond acceptors (Lipinski definition) is 1. The SMILES string of the molecule is N=[PH]=Cc1ccccc1. The summed E-state index contributed by atoms with van der Waals surface area (Å²) in [6.45, 7) is 0. The van der Waals surface area contributed by atoms with Gasteiger partial charge in [0.1, 0.15) is 0 Å². The first kappa shape index (κ1) is 6.31. The Kier molecular flexibility index (Phi) is 2.29. The summed E-state index contributed by atoms with van der Waals surface area (Å²) in [7, 11) is 0.160. The predicted molar refractivity (Wildman–Crippen MR) is 42.6 cm³/mol. The van der Waals surface area contributed by atoms with Crippen LogP contribution in [0, 0.1) is 5.16 Å². The summed E-state index contributed by atoms with van der Waals surface area (Å²) in [6.07, 6.45) is 0. The third kappa shape index (κ3) is 1.87. The zero-order valence-electron chi connectivity index (χ0n) is 4.96. The third-order valence-corrected chi connectivity index (χ3v) is 1.52. The lowest BCUT2D eigenvalue weighted by Crippen LogP contribution is -1.71. The molecular formula is C7H8NP. The molecule has 0 saturated carbocycles. The van der Waals surface area contributed by atoms with Crippen molar-refractivity contribution in [1.82, 2.24) is 0 Å². The number of benzene rings is 1. The Labute approximate surface area is 55.7 Å². The normalized spacial score (nSPS) is 9.33. The van der Waals surface area contributed by atoms with Crippen LogP contribution in [-0.4, -0.2) is 5.80 Å². The van der Waals surface area contributed by atoms with Gasteiger partial charge in [0.2, 0.25) is 0 Å². The molecule has 0 spiro atoms. The number of nitrogens with one attached hydrogen (secondary N) is 1. The van der Waals surface area contributed by atoms with E-state index < -0.39 is 0 Å². The van der Waals surface area contributed by atoms with Crippen molar-refractivity contribution in [3.63, 3.8) is 0 Å². The van der Waals surface area contributed by atoms with Crippen LogP contribution in [0.5, 0.6) is 0 Å². The largest absolute Gasteiger partial charge is 0.293 e. The van der Waals surface area contributed by atoms with Crippen LogP contribution < -0.4 is 0 Å². The molecular weight excluding hydrogens is 129 g/mol. The third-order valence-electron chi connectivity index (χ3n) is 1.04. The molecule has 1 rings (SSSR count). The van der Waals surface area contributed by atoms with Gasteiger partial charge in [-0.1, -0.05) is 38.3 Å². The maximum atomic E-state index is 6.91. The van der Waals surface area contributed by atoms with Crippen molar-refractivity contribution in [3.8, 4) is 0 Å². The fourth-order valence-corrected chi connectivity index (χ4v) is 0.992. The van der Waals surface area contributed by atoms with Gasteiger partial charge in [0, 0.05) is 0 Å². The van der Waals surface area contributed by atoms with Gasteiger partial charge < -0.3 is 0 Å². The lowest BCUT2D eigenvalue weighted by atomic mass is 10.2. The highest BCUT2D eigenvalue weighted by Crippen LogP contribution is 1.94. The van der Waals surface area contributed by atoms with Crippen molar-refractivity contribution in [1.29, 1.82) is 5.16 Å². The first-order chi connectivity index (χ1) is 4.43. The van der Waals surface area contributed by atoms with E-state index in [1.165, 1.54) is 0 Å². The van der Waals surface area contributed by atoms with E-state index in [4.69, 9.17) is 5.16 Å². The van der Waals surface area contributed by atoms with Crippen LogP contribution in [-0.2, 0) is 0 Å². The zero-order chi connectivity index (χ0) is 6.53. The van der Waals surface area contributed by atoms with Crippen molar-refractivity contribution in [3.05, 3.63) is 35.9 Å². The molecule has 9 heavy (non-hydrogen) atoms. The van der Waals surface area contributed by atoms with E-state index in [-0.39, 0.29) is 8.00 Å². The molecule has 0 aliphatic heterocycles. The molecule has 2 heteroatoms. The van der Waals surface area contributed by atoms with E-state index >= 15 is 0 Å². The molecule has 1 N–H and O–H groups in total. The van der Waals surface area contributed by atoms with Crippen LogP contribution in [0.15, 0.2) is 30.3 Å². The van der Waals surface area contributed by atoms with Gasteiger partial charge in [-0.05, 0) is 11.4 Å². The van der Waals surface area contributed by atoms with Crippen molar-refractivity contribution in [2.75, 3.05) is 0 Å². The molecule has 0 aliphatic carbocycles. The molecule has 0 bridgehead atoms. The van der Waals surface area contributed by atoms with Crippen molar-refractivity contribution < 1.29 is 0 Å². The van der Waals surface area contributed by atoms with Gasteiger partial charge in [0.05, 0.1) is 0 Å². The quantitative estimate of drug-likeness (QED) is 0.574. The van der Waals surface area contributed by atoms with E-state index in [1.54, 1.807) is 0 Å². The average Bonchev–Trinajstić information content (AvgIpc) is 1.91. The fourth-order valence-electron chi connectivity index (χ4n) is 0.633. The first-order valence-electron chi connectivity index (χ1n) is 2.74. The van der Waals surface area contributed by atoms with E-state index in [1.807, 2.05) is 36.1 Å². The summed E-state index contributed by atoms with van der Waals surface area (Å²) >= 11 is 0. The van der Waals surface area contributed by atoms with Crippen LogP contribution in [0.3, 0.4) is 0 Å². The molecule has 1 atom stereocenters. The first-order valence-corrected chi connectivity index (χ1v) is 3.82. The van der Waals surface area contributed by atoms with Gasteiger partial charge in [-0.2, -0.15) is 0 Å². The Bertz CT molecular complexity index is 224. The van der Waals surface area contributed by atoms with Gasteiger partial charge in [0.15, 0.2) is 0 Å². The standard InChI is InChI=1S/C7H8NP/c8-9-6-7-4-2-1-3-5-7/h1-6,8-9H. The van der Waals surface area contributed by atoms with E-state index in [0.29, 0.717) is 0 Å². The van der Waals surface area contributed by atoms with E-state index in [9.17, 15) is 0 Å². The topological polar surface area (TPSA) is 23.9 Å². The highest BCUT2D eigenvalue weighted by atomic mass is 31.0. The van der Waals surface area contributed by atoms with Crippen molar-refractivity contribution >= 4 is 13.8 Å². The number of hydrogen-bond donors (Lipinski definition) is 1. The summed E-state index contributed by atoms with van der Waals surface area (Å²) in [5, 5.41) is 6.91. The number of rotatable bonds is 1. The highest BCUT2D eigenvalue weighted by Gasteiger charge is 1.77.